The summed E-state index contributed by atoms with van der Waals surface area (Å²) < 4.78 is 0.971. The van der Waals surface area contributed by atoms with E-state index in [2.05, 4.69) is 26.6 Å². The van der Waals surface area contributed by atoms with Crippen LogP contribution in [-0.2, 0) is 9.59 Å². The molecule has 0 spiro atoms. The molecule has 26 heavy (non-hydrogen) atoms. The third-order valence-corrected chi connectivity index (χ3v) is 4.63. The van der Waals surface area contributed by atoms with E-state index in [1.165, 1.54) is 0 Å². The number of carbonyl (C=O) groups is 2. The van der Waals surface area contributed by atoms with Gasteiger partial charge in [-0.2, -0.15) is 0 Å². The maximum Gasteiger partial charge on any atom is 0.279 e. The SMILES string of the molecule is Cc1cc(Br)ccc1NC(=O)C[NH+](C)CC(=O)Nc1c(C)cccc1C. The molecule has 2 amide bonds. The van der Waals surface area contributed by atoms with Crippen molar-refractivity contribution in [1.82, 2.24) is 0 Å². The molecule has 2 aromatic rings. The lowest BCUT2D eigenvalue weighted by atomic mass is 10.1. The minimum atomic E-state index is -0.118. The second-order valence-electron chi connectivity index (χ2n) is 6.63. The summed E-state index contributed by atoms with van der Waals surface area (Å²) in [5.74, 6) is -0.222. The zero-order valence-electron chi connectivity index (χ0n) is 15.6. The molecule has 6 heteroatoms. The van der Waals surface area contributed by atoms with Crippen LogP contribution in [0.1, 0.15) is 16.7 Å². The standard InChI is InChI=1S/C20H24BrN3O2/c1-13-6-5-7-14(2)20(13)23-19(26)12-24(4)11-18(25)22-17-9-8-16(21)10-15(17)3/h5-10H,11-12H2,1-4H3,(H,22,25)(H,23,26)/p+1. The van der Waals surface area contributed by atoms with E-state index in [4.69, 9.17) is 0 Å². The highest BCUT2D eigenvalue weighted by molar-refractivity contribution is 9.10. The van der Waals surface area contributed by atoms with Crippen LogP contribution in [0.15, 0.2) is 40.9 Å². The average Bonchev–Trinajstić information content (AvgIpc) is 2.53. The van der Waals surface area contributed by atoms with Crippen LogP contribution in [0.4, 0.5) is 11.4 Å². The molecule has 0 saturated carbocycles. The van der Waals surface area contributed by atoms with Gasteiger partial charge in [-0.3, -0.25) is 9.59 Å². The fourth-order valence-corrected chi connectivity index (χ4v) is 3.24. The molecule has 0 aliphatic carbocycles. The van der Waals surface area contributed by atoms with E-state index < -0.39 is 0 Å². The van der Waals surface area contributed by atoms with E-state index in [0.29, 0.717) is 0 Å². The molecule has 3 N–H and O–H groups in total. The van der Waals surface area contributed by atoms with Crippen LogP contribution in [0.2, 0.25) is 0 Å². The Bertz CT molecular complexity index is 800. The van der Waals surface area contributed by atoms with Gasteiger partial charge in [0.05, 0.1) is 7.05 Å². The molecule has 0 bridgehead atoms. The molecule has 0 aromatic heterocycles. The molecule has 0 radical (unpaired) electrons. The highest BCUT2D eigenvalue weighted by Crippen LogP contribution is 2.20. The Morgan fingerprint density at radius 2 is 1.50 bits per heavy atom. The summed E-state index contributed by atoms with van der Waals surface area (Å²) in [6, 6.07) is 11.6. The van der Waals surface area contributed by atoms with Crippen LogP contribution in [0.5, 0.6) is 0 Å². The normalized spacial score (nSPS) is 11.7. The summed E-state index contributed by atoms with van der Waals surface area (Å²) in [5, 5.41) is 5.85. The van der Waals surface area contributed by atoms with Gasteiger partial charge in [-0.15, -0.1) is 0 Å². The van der Waals surface area contributed by atoms with Crippen molar-refractivity contribution in [3.8, 4) is 0 Å². The number of quaternary nitrogens is 1. The van der Waals surface area contributed by atoms with E-state index in [1.807, 2.05) is 64.2 Å². The van der Waals surface area contributed by atoms with E-state index >= 15 is 0 Å². The largest absolute Gasteiger partial charge is 0.322 e. The topological polar surface area (TPSA) is 62.6 Å². The number of anilines is 2. The van der Waals surface area contributed by atoms with Gasteiger partial charge in [0, 0.05) is 15.8 Å². The number of benzene rings is 2. The molecule has 0 aliphatic heterocycles. The molecule has 1 atom stereocenters. The van der Waals surface area contributed by atoms with Crippen LogP contribution in [0, 0.1) is 20.8 Å². The maximum absolute atomic E-state index is 12.3. The summed E-state index contributed by atoms with van der Waals surface area (Å²) in [6.07, 6.45) is 0. The van der Waals surface area contributed by atoms with Crippen molar-refractivity contribution in [2.45, 2.75) is 20.8 Å². The van der Waals surface area contributed by atoms with Gasteiger partial charge < -0.3 is 15.5 Å². The Morgan fingerprint density at radius 1 is 0.923 bits per heavy atom. The first-order valence-corrected chi connectivity index (χ1v) is 9.29. The first-order chi connectivity index (χ1) is 12.3. The molecule has 1 unspecified atom stereocenters. The van der Waals surface area contributed by atoms with Crippen LogP contribution in [0.3, 0.4) is 0 Å². The van der Waals surface area contributed by atoms with Crippen molar-refractivity contribution in [3.05, 3.63) is 57.6 Å². The zero-order chi connectivity index (χ0) is 19.3. The number of likely N-dealkylation sites (N-methyl/N-ethyl adjacent to an activating group) is 1. The van der Waals surface area contributed by atoms with Crippen molar-refractivity contribution in [2.75, 3.05) is 30.8 Å². The van der Waals surface area contributed by atoms with Gasteiger partial charge in [0.1, 0.15) is 0 Å². The predicted octanol–water partition coefficient (Wildman–Crippen LogP) is 2.47. The molecule has 0 heterocycles. The van der Waals surface area contributed by atoms with Gasteiger partial charge in [-0.05, 0) is 55.7 Å². The van der Waals surface area contributed by atoms with Gasteiger partial charge in [-0.25, -0.2) is 0 Å². The third kappa shape index (κ3) is 5.68. The number of carbonyl (C=O) groups excluding carboxylic acids is 2. The zero-order valence-corrected chi connectivity index (χ0v) is 17.2. The van der Waals surface area contributed by atoms with Crippen LogP contribution in [-0.4, -0.2) is 32.0 Å². The lowest BCUT2D eigenvalue weighted by molar-refractivity contribution is -0.862. The molecule has 2 rings (SSSR count). The van der Waals surface area contributed by atoms with Crippen LogP contribution < -0.4 is 15.5 Å². The second kappa shape index (κ2) is 8.96. The number of rotatable bonds is 6. The smallest absolute Gasteiger partial charge is 0.279 e. The minimum Gasteiger partial charge on any atom is -0.322 e. The van der Waals surface area contributed by atoms with Gasteiger partial charge >= 0.3 is 0 Å². The van der Waals surface area contributed by atoms with Crippen molar-refractivity contribution in [3.63, 3.8) is 0 Å². The molecule has 0 fully saturated rings. The lowest BCUT2D eigenvalue weighted by Crippen LogP contribution is -3.11. The Kier molecular flexibility index (Phi) is 6.94. The number of hydrogen-bond donors (Lipinski definition) is 3. The average molecular weight is 419 g/mol. The molecule has 0 aliphatic rings. The van der Waals surface area contributed by atoms with Crippen molar-refractivity contribution < 1.29 is 14.5 Å². The van der Waals surface area contributed by atoms with Gasteiger partial charge in [0.25, 0.3) is 11.8 Å². The van der Waals surface area contributed by atoms with Crippen molar-refractivity contribution in [2.24, 2.45) is 0 Å². The van der Waals surface area contributed by atoms with E-state index in [-0.39, 0.29) is 24.9 Å². The molecular weight excluding hydrogens is 394 g/mol. The Labute approximate surface area is 162 Å². The van der Waals surface area contributed by atoms with E-state index in [0.717, 1.165) is 37.4 Å². The van der Waals surface area contributed by atoms with Gasteiger partial charge in [-0.1, -0.05) is 34.1 Å². The number of aryl methyl sites for hydroxylation is 3. The monoisotopic (exact) mass is 418 g/mol. The number of amides is 2. The summed E-state index contributed by atoms with van der Waals surface area (Å²) in [6.45, 7) is 6.31. The third-order valence-electron chi connectivity index (χ3n) is 4.13. The summed E-state index contributed by atoms with van der Waals surface area (Å²) >= 11 is 3.41. The highest BCUT2D eigenvalue weighted by Gasteiger charge is 2.16. The van der Waals surface area contributed by atoms with Gasteiger partial charge in [0.2, 0.25) is 0 Å². The first-order valence-electron chi connectivity index (χ1n) is 8.49. The number of hydrogen-bond acceptors (Lipinski definition) is 2. The summed E-state index contributed by atoms with van der Waals surface area (Å²) in [4.78, 5) is 25.3. The number of nitrogens with one attached hydrogen (secondary N) is 3. The van der Waals surface area contributed by atoms with Crippen LogP contribution >= 0.6 is 15.9 Å². The summed E-state index contributed by atoms with van der Waals surface area (Å²) in [5.41, 5.74) is 4.67. The Balaban J connectivity index is 1.88. The quantitative estimate of drug-likeness (QED) is 0.674. The molecular formula is C20H25BrN3O2+. The van der Waals surface area contributed by atoms with Crippen molar-refractivity contribution in [1.29, 1.82) is 0 Å². The van der Waals surface area contributed by atoms with Gasteiger partial charge in [0.15, 0.2) is 13.1 Å². The highest BCUT2D eigenvalue weighted by atomic mass is 79.9. The molecule has 0 saturated heterocycles. The fourth-order valence-electron chi connectivity index (χ4n) is 2.77. The van der Waals surface area contributed by atoms with E-state index in [1.54, 1.807) is 0 Å². The number of halogens is 1. The predicted molar refractivity (Wildman–Crippen MR) is 109 cm³/mol. The molecule has 5 nitrogen and oxygen atoms in total. The molecule has 138 valence electrons. The minimum absolute atomic E-state index is 0.104. The first kappa shape index (κ1) is 20.1. The second-order valence-corrected chi connectivity index (χ2v) is 7.55. The number of para-hydroxylation sites is 1. The fraction of sp³-hybridized carbons (Fsp3) is 0.300. The summed E-state index contributed by atoms with van der Waals surface area (Å²) in [7, 11) is 1.83. The Morgan fingerprint density at radius 3 is 2.08 bits per heavy atom. The van der Waals surface area contributed by atoms with E-state index in [9.17, 15) is 9.59 Å². The lowest BCUT2D eigenvalue weighted by Gasteiger charge is -2.16. The van der Waals surface area contributed by atoms with Crippen LogP contribution in [0.25, 0.3) is 0 Å². The molecule has 2 aromatic carbocycles. The Hall–Kier alpha value is -2.18. The van der Waals surface area contributed by atoms with Crippen molar-refractivity contribution >= 4 is 39.1 Å². The maximum atomic E-state index is 12.3.